The molecule has 2 aromatic carbocycles. The number of carbonyl (C=O) groups excluding carboxylic acids is 1. The van der Waals surface area contributed by atoms with Gasteiger partial charge in [0.2, 0.25) is 0 Å². The van der Waals surface area contributed by atoms with Crippen molar-refractivity contribution in [2.24, 2.45) is 0 Å². The van der Waals surface area contributed by atoms with E-state index in [9.17, 15) is 9.59 Å². The second-order valence-electron chi connectivity index (χ2n) is 7.89. The number of hydrogen-bond acceptors (Lipinski definition) is 4. The van der Waals surface area contributed by atoms with Crippen LogP contribution in [-0.2, 0) is 11.2 Å². The topological polar surface area (TPSA) is 90.9 Å². The van der Waals surface area contributed by atoms with E-state index < -0.39 is 5.97 Å². The van der Waals surface area contributed by atoms with Gasteiger partial charge in [-0.2, -0.15) is 0 Å². The molecule has 0 aromatic heterocycles. The Morgan fingerprint density at radius 1 is 1.16 bits per heavy atom. The number of aliphatic carboxylic acids is 1. The first-order chi connectivity index (χ1) is 15.5. The van der Waals surface area contributed by atoms with E-state index >= 15 is 0 Å². The Labute approximate surface area is 193 Å². The summed E-state index contributed by atoms with van der Waals surface area (Å²) < 4.78 is 5.40. The Bertz CT molecular complexity index is 920. The van der Waals surface area contributed by atoms with Crippen LogP contribution < -0.4 is 15.4 Å². The Balaban J connectivity index is 1.54. The van der Waals surface area contributed by atoms with Crippen molar-refractivity contribution in [3.05, 3.63) is 58.6 Å². The maximum absolute atomic E-state index is 12.1. The van der Waals surface area contributed by atoms with Gasteiger partial charge < -0.3 is 20.5 Å². The summed E-state index contributed by atoms with van der Waals surface area (Å²) in [7, 11) is 1.66. The number of ether oxygens (including phenoxy) is 1. The molecule has 1 aliphatic carbocycles. The SMILES string of the molecule is COc1ccc2c(c1)C(N(CCCNC(=O)Nc1ccc(Cl)cc1)CCCC(=O)O)CC2. The summed E-state index contributed by atoms with van der Waals surface area (Å²) >= 11 is 5.86. The normalized spacial score (nSPS) is 14.8. The van der Waals surface area contributed by atoms with Crippen LogP contribution in [0.1, 0.15) is 42.9 Å². The average Bonchev–Trinajstić information content (AvgIpc) is 3.19. The average molecular weight is 460 g/mol. The summed E-state index contributed by atoms with van der Waals surface area (Å²) in [6.07, 6.45) is 3.50. The van der Waals surface area contributed by atoms with Gasteiger partial charge in [0.05, 0.1) is 7.11 Å². The van der Waals surface area contributed by atoms with Crippen molar-refractivity contribution in [2.75, 3.05) is 32.1 Å². The van der Waals surface area contributed by atoms with E-state index in [1.807, 2.05) is 6.07 Å². The quantitative estimate of drug-likeness (QED) is 0.423. The second-order valence-corrected chi connectivity index (χ2v) is 8.33. The number of methoxy groups -OCH3 is 1. The van der Waals surface area contributed by atoms with Gasteiger partial charge >= 0.3 is 12.0 Å². The third kappa shape index (κ3) is 6.87. The number of halogens is 1. The number of carboxylic acid groups (broad SMARTS) is 1. The summed E-state index contributed by atoms with van der Waals surface area (Å²) in [5.74, 6) is 0.0562. The van der Waals surface area contributed by atoms with Crippen LogP contribution in [0.4, 0.5) is 10.5 Å². The van der Waals surface area contributed by atoms with Gasteiger partial charge in [-0.15, -0.1) is 0 Å². The summed E-state index contributed by atoms with van der Waals surface area (Å²) in [6.45, 7) is 1.99. The highest BCUT2D eigenvalue weighted by Crippen LogP contribution is 2.38. The molecule has 0 radical (unpaired) electrons. The summed E-state index contributed by atoms with van der Waals surface area (Å²) in [5, 5.41) is 15.3. The second kappa shape index (κ2) is 11.7. The molecule has 0 spiro atoms. The lowest BCUT2D eigenvalue weighted by atomic mass is 10.1. The van der Waals surface area contributed by atoms with Crippen LogP contribution in [0.2, 0.25) is 5.02 Å². The molecule has 3 rings (SSSR count). The van der Waals surface area contributed by atoms with Gasteiger partial charge in [-0.3, -0.25) is 9.69 Å². The monoisotopic (exact) mass is 459 g/mol. The molecule has 0 saturated heterocycles. The van der Waals surface area contributed by atoms with Gasteiger partial charge in [0.15, 0.2) is 0 Å². The largest absolute Gasteiger partial charge is 0.497 e. The van der Waals surface area contributed by atoms with E-state index in [4.69, 9.17) is 21.4 Å². The molecule has 172 valence electrons. The third-order valence-corrected chi connectivity index (χ3v) is 5.94. The van der Waals surface area contributed by atoms with Gasteiger partial charge in [-0.25, -0.2) is 4.79 Å². The van der Waals surface area contributed by atoms with Crippen LogP contribution in [-0.4, -0.2) is 48.8 Å². The number of carbonyl (C=O) groups is 2. The number of amides is 2. The Kier molecular flexibility index (Phi) is 8.76. The highest BCUT2D eigenvalue weighted by atomic mass is 35.5. The minimum Gasteiger partial charge on any atom is -0.497 e. The molecule has 7 nitrogen and oxygen atoms in total. The zero-order valence-corrected chi connectivity index (χ0v) is 19.0. The molecule has 3 N–H and O–H groups in total. The van der Waals surface area contributed by atoms with E-state index in [2.05, 4.69) is 27.7 Å². The number of hydrogen-bond donors (Lipinski definition) is 3. The molecule has 0 saturated carbocycles. The molecule has 0 heterocycles. The summed E-state index contributed by atoms with van der Waals surface area (Å²) in [6, 6.07) is 13.1. The third-order valence-electron chi connectivity index (χ3n) is 5.69. The predicted octanol–water partition coefficient (Wildman–Crippen LogP) is 4.71. The molecule has 32 heavy (non-hydrogen) atoms. The number of benzene rings is 2. The highest BCUT2D eigenvalue weighted by Gasteiger charge is 2.28. The van der Waals surface area contributed by atoms with Gasteiger partial charge in [0.25, 0.3) is 0 Å². The zero-order chi connectivity index (χ0) is 22.9. The molecule has 0 aliphatic heterocycles. The Morgan fingerprint density at radius 3 is 2.62 bits per heavy atom. The molecule has 2 aromatic rings. The van der Waals surface area contributed by atoms with Crippen LogP contribution >= 0.6 is 11.6 Å². The van der Waals surface area contributed by atoms with Crippen LogP contribution in [0.15, 0.2) is 42.5 Å². The summed E-state index contributed by atoms with van der Waals surface area (Å²) in [4.78, 5) is 25.5. The van der Waals surface area contributed by atoms with Crippen molar-refractivity contribution in [3.63, 3.8) is 0 Å². The van der Waals surface area contributed by atoms with E-state index in [0.29, 0.717) is 30.2 Å². The van der Waals surface area contributed by atoms with Crippen molar-refractivity contribution in [1.29, 1.82) is 0 Å². The number of carboxylic acids is 1. The van der Waals surface area contributed by atoms with Gasteiger partial charge in [-0.05, 0) is 79.8 Å². The fraction of sp³-hybridized carbons (Fsp3) is 0.417. The smallest absolute Gasteiger partial charge is 0.319 e. The lowest BCUT2D eigenvalue weighted by Crippen LogP contribution is -2.34. The van der Waals surface area contributed by atoms with Gasteiger partial charge in [0.1, 0.15) is 5.75 Å². The number of anilines is 1. The molecule has 1 unspecified atom stereocenters. The van der Waals surface area contributed by atoms with E-state index in [-0.39, 0.29) is 18.5 Å². The zero-order valence-electron chi connectivity index (χ0n) is 18.3. The fourth-order valence-electron chi connectivity index (χ4n) is 4.11. The van der Waals surface area contributed by atoms with E-state index in [1.54, 1.807) is 31.4 Å². The van der Waals surface area contributed by atoms with Crippen LogP contribution in [0.25, 0.3) is 0 Å². The van der Waals surface area contributed by atoms with Crippen molar-refractivity contribution < 1.29 is 19.4 Å². The first kappa shape index (κ1) is 23.9. The fourth-order valence-corrected chi connectivity index (χ4v) is 4.24. The number of fused-ring (bicyclic) bond motifs is 1. The molecular weight excluding hydrogens is 430 g/mol. The molecule has 1 atom stereocenters. The number of nitrogens with one attached hydrogen (secondary N) is 2. The standard InChI is InChI=1S/C24H30ClN3O4/c1-32-20-11-5-17-6-12-22(21(17)16-20)28(14-2-4-23(29)30)15-3-13-26-24(31)27-19-9-7-18(25)8-10-19/h5,7-11,16,22H,2-4,6,12-15H2,1H3,(H,29,30)(H2,26,27,31). The molecule has 1 aliphatic rings. The molecular formula is C24H30ClN3O4. The number of nitrogens with zero attached hydrogens (tertiary/aromatic N) is 1. The minimum atomic E-state index is -0.779. The first-order valence-corrected chi connectivity index (χ1v) is 11.3. The van der Waals surface area contributed by atoms with Crippen LogP contribution in [0.3, 0.4) is 0 Å². The first-order valence-electron chi connectivity index (χ1n) is 10.9. The van der Waals surface area contributed by atoms with Crippen molar-refractivity contribution in [2.45, 2.75) is 38.1 Å². The Morgan fingerprint density at radius 2 is 1.91 bits per heavy atom. The number of urea groups is 1. The van der Waals surface area contributed by atoms with Crippen molar-refractivity contribution in [3.8, 4) is 5.75 Å². The Hall–Kier alpha value is -2.77. The minimum absolute atomic E-state index is 0.149. The van der Waals surface area contributed by atoms with Crippen molar-refractivity contribution in [1.82, 2.24) is 10.2 Å². The maximum atomic E-state index is 12.1. The lowest BCUT2D eigenvalue weighted by Gasteiger charge is -2.30. The number of aryl methyl sites for hydroxylation is 1. The predicted molar refractivity (Wildman–Crippen MR) is 126 cm³/mol. The van der Waals surface area contributed by atoms with Crippen LogP contribution in [0, 0.1) is 0 Å². The highest BCUT2D eigenvalue weighted by molar-refractivity contribution is 6.30. The van der Waals surface area contributed by atoms with Gasteiger partial charge in [0, 0.05) is 36.3 Å². The maximum Gasteiger partial charge on any atom is 0.319 e. The van der Waals surface area contributed by atoms with E-state index in [1.165, 1.54) is 11.1 Å². The van der Waals surface area contributed by atoms with Crippen LogP contribution in [0.5, 0.6) is 5.75 Å². The lowest BCUT2D eigenvalue weighted by molar-refractivity contribution is -0.137. The number of rotatable bonds is 11. The molecule has 2 amide bonds. The molecule has 0 bridgehead atoms. The van der Waals surface area contributed by atoms with E-state index in [0.717, 1.165) is 31.6 Å². The van der Waals surface area contributed by atoms with Crippen molar-refractivity contribution >= 4 is 29.3 Å². The molecule has 8 heteroatoms. The summed E-state index contributed by atoms with van der Waals surface area (Å²) in [5.41, 5.74) is 3.26. The molecule has 0 fully saturated rings. The van der Waals surface area contributed by atoms with Gasteiger partial charge in [-0.1, -0.05) is 17.7 Å².